The number of halogens is 4. The van der Waals surface area contributed by atoms with E-state index in [1.54, 1.807) is 0 Å². The van der Waals surface area contributed by atoms with Crippen molar-refractivity contribution in [3.05, 3.63) is 50.3 Å². The van der Waals surface area contributed by atoms with E-state index in [-0.39, 0.29) is 23.3 Å². The van der Waals surface area contributed by atoms with Crippen LogP contribution in [0.2, 0.25) is 10.0 Å². The van der Waals surface area contributed by atoms with Crippen LogP contribution in [0.15, 0.2) is 28.9 Å². The predicted octanol–water partition coefficient (Wildman–Crippen LogP) is 4.57. The Kier molecular flexibility index (Phi) is 4.62. The van der Waals surface area contributed by atoms with Crippen LogP contribution < -0.4 is 4.74 Å². The smallest absolute Gasteiger partial charge is 0.219 e. The molecule has 1 N–H and O–H groups in total. The molecule has 2 rings (SSSR count). The SMILES string of the molecule is OCc1cc(Oc2cc(F)c(Cl)cc2Br)ncc1Cl. The van der Waals surface area contributed by atoms with Gasteiger partial charge in [-0.1, -0.05) is 23.2 Å². The van der Waals surface area contributed by atoms with Gasteiger partial charge < -0.3 is 9.84 Å². The zero-order valence-electron chi connectivity index (χ0n) is 9.33. The Bertz CT molecular complexity index is 625. The molecular weight excluding hydrogens is 360 g/mol. The first-order chi connectivity index (χ1) is 9.01. The highest BCUT2D eigenvalue weighted by molar-refractivity contribution is 9.10. The van der Waals surface area contributed by atoms with Crippen LogP contribution in [0.3, 0.4) is 0 Å². The van der Waals surface area contributed by atoms with Crippen molar-refractivity contribution in [2.75, 3.05) is 0 Å². The fraction of sp³-hybridized carbons (Fsp3) is 0.0833. The first-order valence-corrected chi connectivity index (χ1v) is 6.64. The van der Waals surface area contributed by atoms with Crippen LogP contribution in [0, 0.1) is 5.82 Å². The topological polar surface area (TPSA) is 42.4 Å². The molecule has 0 spiro atoms. The standard InChI is InChI=1S/C12H7BrCl2FNO2/c13-7-2-8(14)10(16)3-11(7)19-12-1-6(5-18)9(15)4-17-12/h1-4,18H,5H2. The summed E-state index contributed by atoms with van der Waals surface area (Å²) < 4.78 is 19.3. The second kappa shape index (κ2) is 6.05. The molecule has 0 aliphatic rings. The van der Waals surface area contributed by atoms with Crippen molar-refractivity contribution >= 4 is 39.1 Å². The van der Waals surface area contributed by atoms with Gasteiger partial charge in [-0.05, 0) is 22.0 Å². The van der Waals surface area contributed by atoms with Crippen molar-refractivity contribution in [1.29, 1.82) is 0 Å². The van der Waals surface area contributed by atoms with Gasteiger partial charge in [0.2, 0.25) is 5.88 Å². The zero-order chi connectivity index (χ0) is 14.0. The maximum Gasteiger partial charge on any atom is 0.219 e. The summed E-state index contributed by atoms with van der Waals surface area (Å²) in [5.74, 6) is -0.187. The van der Waals surface area contributed by atoms with E-state index in [1.807, 2.05) is 0 Å². The number of rotatable bonds is 3. The van der Waals surface area contributed by atoms with E-state index >= 15 is 0 Å². The third kappa shape index (κ3) is 3.36. The highest BCUT2D eigenvalue weighted by atomic mass is 79.9. The van der Waals surface area contributed by atoms with Crippen molar-refractivity contribution in [2.45, 2.75) is 6.61 Å². The number of benzene rings is 1. The van der Waals surface area contributed by atoms with E-state index in [9.17, 15) is 4.39 Å². The number of ether oxygens (including phenoxy) is 1. The molecule has 0 fully saturated rings. The van der Waals surface area contributed by atoms with Crippen molar-refractivity contribution in [1.82, 2.24) is 4.98 Å². The number of aromatic nitrogens is 1. The minimum Gasteiger partial charge on any atom is -0.438 e. The molecule has 0 saturated carbocycles. The molecule has 0 aliphatic heterocycles. The van der Waals surface area contributed by atoms with Crippen LogP contribution >= 0.6 is 39.1 Å². The van der Waals surface area contributed by atoms with E-state index < -0.39 is 5.82 Å². The van der Waals surface area contributed by atoms with Gasteiger partial charge in [-0.15, -0.1) is 0 Å². The average molecular weight is 367 g/mol. The first kappa shape index (κ1) is 14.5. The third-order valence-electron chi connectivity index (χ3n) is 2.27. The van der Waals surface area contributed by atoms with Crippen LogP contribution in [0.25, 0.3) is 0 Å². The number of nitrogens with zero attached hydrogens (tertiary/aromatic N) is 1. The lowest BCUT2D eigenvalue weighted by Crippen LogP contribution is -1.93. The van der Waals surface area contributed by atoms with Gasteiger partial charge >= 0.3 is 0 Å². The fourth-order valence-electron chi connectivity index (χ4n) is 1.33. The molecule has 2 aromatic rings. The molecule has 100 valence electrons. The number of pyridine rings is 1. The lowest BCUT2D eigenvalue weighted by atomic mass is 10.3. The molecule has 0 bridgehead atoms. The highest BCUT2D eigenvalue weighted by Gasteiger charge is 2.10. The van der Waals surface area contributed by atoms with Crippen LogP contribution in [0.4, 0.5) is 4.39 Å². The maximum atomic E-state index is 13.4. The van der Waals surface area contributed by atoms with Gasteiger partial charge in [0.15, 0.2) is 0 Å². The van der Waals surface area contributed by atoms with Crippen molar-refractivity contribution < 1.29 is 14.2 Å². The summed E-state index contributed by atoms with van der Waals surface area (Å²) >= 11 is 14.7. The van der Waals surface area contributed by atoms with Gasteiger partial charge in [0.05, 0.1) is 21.1 Å². The highest BCUT2D eigenvalue weighted by Crippen LogP contribution is 2.33. The lowest BCUT2D eigenvalue weighted by molar-refractivity contribution is 0.281. The number of aliphatic hydroxyl groups excluding tert-OH is 1. The molecule has 0 unspecified atom stereocenters. The molecule has 19 heavy (non-hydrogen) atoms. The zero-order valence-corrected chi connectivity index (χ0v) is 12.4. The van der Waals surface area contributed by atoms with Crippen LogP contribution in [-0.4, -0.2) is 10.1 Å². The quantitative estimate of drug-likeness (QED) is 0.808. The second-order valence-corrected chi connectivity index (χ2v) is 5.24. The third-order valence-corrected chi connectivity index (χ3v) is 3.52. The van der Waals surface area contributed by atoms with Crippen LogP contribution in [0.1, 0.15) is 5.56 Å². The molecular formula is C12H7BrCl2FNO2. The summed E-state index contributed by atoms with van der Waals surface area (Å²) in [5, 5.41) is 9.40. The molecule has 7 heteroatoms. The lowest BCUT2D eigenvalue weighted by Gasteiger charge is -2.09. The fourth-order valence-corrected chi connectivity index (χ4v) is 2.21. The Morgan fingerprint density at radius 3 is 2.68 bits per heavy atom. The molecule has 0 amide bonds. The monoisotopic (exact) mass is 365 g/mol. The Balaban J connectivity index is 2.33. The molecule has 1 aromatic heterocycles. The minimum absolute atomic E-state index is 0.0145. The van der Waals surface area contributed by atoms with Crippen molar-refractivity contribution in [2.24, 2.45) is 0 Å². The second-order valence-electron chi connectivity index (χ2n) is 3.57. The van der Waals surface area contributed by atoms with Gasteiger partial charge in [0, 0.05) is 23.9 Å². The molecule has 3 nitrogen and oxygen atoms in total. The number of aliphatic hydroxyl groups is 1. The summed E-state index contributed by atoms with van der Waals surface area (Å²) in [6.45, 7) is -0.242. The average Bonchev–Trinajstić information content (AvgIpc) is 2.38. The Morgan fingerprint density at radius 2 is 2.00 bits per heavy atom. The van der Waals surface area contributed by atoms with Crippen LogP contribution in [0.5, 0.6) is 11.6 Å². The van der Waals surface area contributed by atoms with Crippen molar-refractivity contribution in [3.63, 3.8) is 0 Å². The van der Waals surface area contributed by atoms with E-state index in [2.05, 4.69) is 20.9 Å². The summed E-state index contributed by atoms with van der Waals surface area (Å²) in [7, 11) is 0. The maximum absolute atomic E-state index is 13.4. The normalized spacial score (nSPS) is 10.6. The van der Waals surface area contributed by atoms with Gasteiger partial charge in [-0.25, -0.2) is 9.37 Å². The van der Waals surface area contributed by atoms with Gasteiger partial charge in [-0.3, -0.25) is 0 Å². The molecule has 0 aliphatic carbocycles. The predicted molar refractivity (Wildman–Crippen MR) is 74.4 cm³/mol. The number of hydrogen-bond acceptors (Lipinski definition) is 3. The van der Waals surface area contributed by atoms with Gasteiger partial charge in [-0.2, -0.15) is 0 Å². The molecule has 1 aromatic carbocycles. The van der Waals surface area contributed by atoms with Crippen LogP contribution in [-0.2, 0) is 6.61 Å². The van der Waals surface area contributed by atoms with E-state index in [1.165, 1.54) is 18.3 Å². The van der Waals surface area contributed by atoms with Gasteiger partial charge in [0.25, 0.3) is 0 Å². The van der Waals surface area contributed by atoms with E-state index in [0.29, 0.717) is 15.1 Å². The van der Waals surface area contributed by atoms with Gasteiger partial charge in [0.1, 0.15) is 11.6 Å². The molecule has 0 radical (unpaired) electrons. The minimum atomic E-state index is -0.601. The summed E-state index contributed by atoms with van der Waals surface area (Å²) in [6, 6.07) is 4.00. The summed E-state index contributed by atoms with van der Waals surface area (Å²) in [4.78, 5) is 3.93. The Labute approximate surface area is 127 Å². The summed E-state index contributed by atoms with van der Waals surface area (Å²) in [5.41, 5.74) is 0.470. The van der Waals surface area contributed by atoms with E-state index in [0.717, 1.165) is 6.07 Å². The molecule has 0 saturated heterocycles. The first-order valence-electron chi connectivity index (χ1n) is 5.09. The number of hydrogen-bond donors (Lipinski definition) is 1. The Morgan fingerprint density at radius 1 is 1.26 bits per heavy atom. The van der Waals surface area contributed by atoms with E-state index in [4.69, 9.17) is 33.0 Å². The molecule has 0 atom stereocenters. The molecule has 1 heterocycles. The summed E-state index contributed by atoms with van der Waals surface area (Å²) in [6.07, 6.45) is 1.35. The van der Waals surface area contributed by atoms with Crippen molar-refractivity contribution in [3.8, 4) is 11.6 Å². The Hall–Kier alpha value is -0.880. The largest absolute Gasteiger partial charge is 0.438 e.